The zero-order valence-electron chi connectivity index (χ0n) is 14.1. The van der Waals surface area contributed by atoms with Crippen LogP contribution in [0.15, 0.2) is 30.3 Å². The minimum Gasteiger partial charge on any atom is -0.442 e. The average molecular weight is 320 g/mol. The van der Waals surface area contributed by atoms with Crippen molar-refractivity contribution >= 4 is 17.7 Å². The summed E-state index contributed by atoms with van der Waals surface area (Å²) in [6.45, 7) is 5.84. The molecule has 0 aliphatic carbocycles. The van der Waals surface area contributed by atoms with Gasteiger partial charge in [0.25, 0.3) is 0 Å². The third-order valence-corrected chi connectivity index (χ3v) is 3.45. The van der Waals surface area contributed by atoms with Crippen molar-refractivity contribution in [3.8, 4) is 0 Å². The van der Waals surface area contributed by atoms with Crippen LogP contribution in [0.2, 0.25) is 0 Å². The second-order valence-corrected chi connectivity index (χ2v) is 6.59. The first-order chi connectivity index (χ1) is 10.8. The molecule has 1 aromatic rings. The van der Waals surface area contributed by atoms with E-state index in [4.69, 9.17) is 9.57 Å². The predicted octanol–water partition coefficient (Wildman–Crippen LogP) is 2.98. The zero-order valence-corrected chi connectivity index (χ0v) is 14.1. The van der Waals surface area contributed by atoms with Gasteiger partial charge < -0.3 is 9.64 Å². The summed E-state index contributed by atoms with van der Waals surface area (Å²) >= 11 is 0. The number of carbonyl (C=O) groups excluding carboxylic acids is 2. The fraction of sp³-hybridized carbons (Fsp3) is 0.529. The highest BCUT2D eigenvalue weighted by molar-refractivity contribution is 5.93. The van der Waals surface area contributed by atoms with Crippen LogP contribution in [0.1, 0.15) is 33.6 Å². The lowest BCUT2D eigenvalue weighted by molar-refractivity contribution is -0.144. The number of hydrogen-bond acceptors (Lipinski definition) is 4. The summed E-state index contributed by atoms with van der Waals surface area (Å²) in [6.07, 6.45) is 0.0308. The summed E-state index contributed by atoms with van der Waals surface area (Å²) in [5.41, 5.74) is 0.265. The molecule has 1 aliphatic heterocycles. The Kier molecular flexibility index (Phi) is 5.26. The molecular formula is C17H24N2O4. The van der Waals surface area contributed by atoms with E-state index in [9.17, 15) is 9.59 Å². The number of para-hydroxylation sites is 1. The molecule has 126 valence electrons. The number of benzene rings is 1. The maximum atomic E-state index is 12.3. The van der Waals surface area contributed by atoms with Crippen molar-refractivity contribution in [2.75, 3.05) is 18.5 Å². The highest BCUT2D eigenvalue weighted by atomic mass is 16.7. The minimum absolute atomic E-state index is 0.0489. The predicted molar refractivity (Wildman–Crippen MR) is 86.9 cm³/mol. The Hall–Kier alpha value is -2.08. The first-order valence-corrected chi connectivity index (χ1v) is 7.75. The number of rotatable bonds is 3. The lowest BCUT2D eigenvalue weighted by Crippen LogP contribution is -2.35. The van der Waals surface area contributed by atoms with Crippen LogP contribution in [-0.4, -0.2) is 42.4 Å². The number of nitrogens with zero attached hydrogens (tertiary/aromatic N) is 2. The monoisotopic (exact) mass is 320 g/mol. The van der Waals surface area contributed by atoms with Crippen molar-refractivity contribution in [3.63, 3.8) is 0 Å². The third kappa shape index (κ3) is 4.96. The van der Waals surface area contributed by atoms with Gasteiger partial charge in [-0.3, -0.25) is 9.63 Å². The lowest BCUT2D eigenvalue weighted by Gasteiger charge is -2.24. The zero-order chi connectivity index (χ0) is 17.0. The molecule has 6 nitrogen and oxygen atoms in total. The van der Waals surface area contributed by atoms with E-state index >= 15 is 0 Å². The van der Waals surface area contributed by atoms with E-state index < -0.39 is 11.7 Å². The van der Waals surface area contributed by atoms with Crippen LogP contribution in [0.3, 0.4) is 0 Å². The van der Waals surface area contributed by atoms with Crippen molar-refractivity contribution in [2.24, 2.45) is 0 Å². The average Bonchev–Trinajstić information content (AvgIpc) is 2.94. The largest absolute Gasteiger partial charge is 0.442 e. The molecule has 0 bridgehead atoms. The molecule has 0 N–H and O–H groups in total. The molecule has 1 aliphatic rings. The molecule has 0 unspecified atom stereocenters. The van der Waals surface area contributed by atoms with Gasteiger partial charge in [0.1, 0.15) is 5.60 Å². The van der Waals surface area contributed by atoms with Crippen LogP contribution in [-0.2, 0) is 14.4 Å². The molecular weight excluding hydrogens is 296 g/mol. The number of hydrogen-bond donors (Lipinski definition) is 0. The van der Waals surface area contributed by atoms with Gasteiger partial charge in [-0.05, 0) is 39.3 Å². The summed E-state index contributed by atoms with van der Waals surface area (Å²) in [6, 6.07) is 9.42. The van der Waals surface area contributed by atoms with Crippen molar-refractivity contribution in [2.45, 2.75) is 45.3 Å². The van der Waals surface area contributed by atoms with Crippen molar-refractivity contribution in [3.05, 3.63) is 30.3 Å². The van der Waals surface area contributed by atoms with Crippen LogP contribution in [0.5, 0.6) is 0 Å². The van der Waals surface area contributed by atoms with Gasteiger partial charge in [-0.25, -0.2) is 4.79 Å². The molecule has 23 heavy (non-hydrogen) atoms. The molecule has 0 saturated carbocycles. The Morgan fingerprint density at radius 2 is 1.96 bits per heavy atom. The van der Waals surface area contributed by atoms with E-state index in [1.165, 1.54) is 5.06 Å². The summed E-state index contributed by atoms with van der Waals surface area (Å²) in [4.78, 5) is 31.4. The van der Waals surface area contributed by atoms with Gasteiger partial charge in [0.2, 0.25) is 5.91 Å². The standard InChI is InChI=1S/C17H24N2O4/c1-17(2,3)22-16(21)19-11-10-14(23-19)12-15(20)18(4)13-8-6-5-7-9-13/h5-9,14H,10-12H2,1-4H3/t14-/m0/s1. The molecule has 1 atom stereocenters. The first-order valence-electron chi connectivity index (χ1n) is 7.75. The highest BCUT2D eigenvalue weighted by Crippen LogP contribution is 2.21. The Balaban J connectivity index is 1.85. The maximum Gasteiger partial charge on any atom is 0.434 e. The number of carbonyl (C=O) groups is 2. The molecule has 1 fully saturated rings. The molecule has 2 rings (SSSR count). The summed E-state index contributed by atoms with van der Waals surface area (Å²) in [7, 11) is 1.73. The van der Waals surface area contributed by atoms with Gasteiger partial charge in [0.15, 0.2) is 0 Å². The smallest absolute Gasteiger partial charge is 0.434 e. The maximum absolute atomic E-state index is 12.3. The van der Waals surface area contributed by atoms with Gasteiger partial charge in [0, 0.05) is 12.7 Å². The highest BCUT2D eigenvalue weighted by Gasteiger charge is 2.32. The SMILES string of the molecule is CN(C(=O)C[C@@H]1CCN(C(=O)OC(C)(C)C)O1)c1ccccc1. The summed E-state index contributed by atoms with van der Waals surface area (Å²) in [5, 5.41) is 1.20. The van der Waals surface area contributed by atoms with Crippen molar-refractivity contribution in [1.82, 2.24) is 5.06 Å². The number of ether oxygens (including phenoxy) is 1. The Morgan fingerprint density at radius 3 is 2.57 bits per heavy atom. The normalized spacial score (nSPS) is 17.9. The quantitative estimate of drug-likeness (QED) is 0.859. The van der Waals surface area contributed by atoms with E-state index in [-0.39, 0.29) is 18.4 Å². The van der Waals surface area contributed by atoms with Crippen LogP contribution in [0, 0.1) is 0 Å². The number of amides is 2. The summed E-state index contributed by atoms with van der Waals surface area (Å²) < 4.78 is 5.26. The van der Waals surface area contributed by atoms with Crippen LogP contribution in [0.25, 0.3) is 0 Å². The minimum atomic E-state index is -0.568. The van der Waals surface area contributed by atoms with E-state index in [0.717, 1.165) is 5.69 Å². The Bertz CT molecular complexity index is 553. The van der Waals surface area contributed by atoms with Gasteiger partial charge in [-0.1, -0.05) is 18.2 Å². The van der Waals surface area contributed by atoms with E-state index in [1.807, 2.05) is 30.3 Å². The summed E-state index contributed by atoms with van der Waals surface area (Å²) in [5.74, 6) is -0.0489. The van der Waals surface area contributed by atoms with E-state index in [1.54, 1.807) is 32.7 Å². The molecule has 1 saturated heterocycles. The van der Waals surface area contributed by atoms with Crippen molar-refractivity contribution < 1.29 is 19.2 Å². The van der Waals surface area contributed by atoms with Crippen LogP contribution in [0.4, 0.5) is 10.5 Å². The second-order valence-electron chi connectivity index (χ2n) is 6.59. The Morgan fingerprint density at radius 1 is 1.30 bits per heavy atom. The van der Waals surface area contributed by atoms with Gasteiger partial charge in [-0.2, -0.15) is 5.06 Å². The molecule has 2 amide bonds. The third-order valence-electron chi connectivity index (χ3n) is 3.45. The topological polar surface area (TPSA) is 59.1 Å². The van der Waals surface area contributed by atoms with E-state index in [0.29, 0.717) is 13.0 Å². The molecule has 6 heteroatoms. The van der Waals surface area contributed by atoms with Gasteiger partial charge >= 0.3 is 6.09 Å². The second kappa shape index (κ2) is 7.00. The number of hydroxylamine groups is 2. The molecule has 0 aromatic heterocycles. The van der Waals surface area contributed by atoms with Crippen molar-refractivity contribution in [1.29, 1.82) is 0 Å². The van der Waals surface area contributed by atoms with Gasteiger partial charge in [0.05, 0.1) is 19.1 Å². The molecule has 1 aromatic carbocycles. The number of anilines is 1. The van der Waals surface area contributed by atoms with Crippen LogP contribution >= 0.6 is 0 Å². The fourth-order valence-corrected chi connectivity index (χ4v) is 2.26. The fourth-order valence-electron chi connectivity index (χ4n) is 2.26. The molecule has 0 spiro atoms. The lowest BCUT2D eigenvalue weighted by atomic mass is 10.1. The van der Waals surface area contributed by atoms with E-state index in [2.05, 4.69) is 0 Å². The van der Waals surface area contributed by atoms with Crippen LogP contribution < -0.4 is 4.90 Å². The molecule has 0 radical (unpaired) electrons. The van der Waals surface area contributed by atoms with Gasteiger partial charge in [-0.15, -0.1) is 0 Å². The first kappa shape index (κ1) is 17.3. The Labute approximate surface area is 136 Å². The molecule has 1 heterocycles.